The van der Waals surface area contributed by atoms with Crippen molar-refractivity contribution in [2.45, 2.75) is 212 Å². The van der Waals surface area contributed by atoms with Gasteiger partial charge in [-0.3, -0.25) is 9.59 Å². The van der Waals surface area contributed by atoms with E-state index in [4.69, 9.17) is 18.9 Å². The molecular formula is C51H91NO8. The number of nitrogens with zero attached hydrogens (tertiary/aromatic N) is 1. The summed E-state index contributed by atoms with van der Waals surface area (Å²) in [5.41, 5.74) is 0. The van der Waals surface area contributed by atoms with Crippen LogP contribution >= 0.6 is 0 Å². The number of likely N-dealkylation sites (N-methyl/N-ethyl adjacent to an activating group) is 1. The van der Waals surface area contributed by atoms with Crippen LogP contribution in [0.15, 0.2) is 48.6 Å². The van der Waals surface area contributed by atoms with Crippen molar-refractivity contribution < 1.29 is 42.9 Å². The Kier molecular flexibility index (Phi) is 41.0. The van der Waals surface area contributed by atoms with Gasteiger partial charge in [0.25, 0.3) is 0 Å². The number of rotatable bonds is 44. The van der Waals surface area contributed by atoms with Crippen LogP contribution in [-0.2, 0) is 33.3 Å². The molecule has 0 saturated heterocycles. The highest BCUT2D eigenvalue weighted by molar-refractivity contribution is 5.70. The van der Waals surface area contributed by atoms with Crippen LogP contribution < -0.4 is 5.11 Å². The van der Waals surface area contributed by atoms with Gasteiger partial charge in [-0.1, -0.05) is 159 Å². The van der Waals surface area contributed by atoms with Crippen molar-refractivity contribution in [2.24, 2.45) is 0 Å². The van der Waals surface area contributed by atoms with E-state index < -0.39 is 24.3 Å². The second-order valence-electron chi connectivity index (χ2n) is 17.4. The SMILES string of the molecule is CCCCC/C=C\C/C=C\C/C=C\CCCCCCCCC(=O)OC(COC(=O)CCCCCCC/C=C\CCCCCCCCC)COC(OCC[N+](C)(C)C)C(=O)[O-]. The number of hydrogen-bond donors (Lipinski definition) is 0. The van der Waals surface area contributed by atoms with E-state index in [9.17, 15) is 19.5 Å². The fraction of sp³-hybridized carbons (Fsp3) is 0.784. The number of allylic oxidation sites excluding steroid dienone is 8. The zero-order valence-electron chi connectivity index (χ0n) is 39.3. The lowest BCUT2D eigenvalue weighted by atomic mass is 10.1. The van der Waals surface area contributed by atoms with Crippen LogP contribution in [0.5, 0.6) is 0 Å². The summed E-state index contributed by atoms with van der Waals surface area (Å²) in [6.45, 7) is 4.69. The third-order valence-electron chi connectivity index (χ3n) is 10.3. The molecule has 9 nitrogen and oxygen atoms in total. The average molecular weight is 846 g/mol. The number of ether oxygens (including phenoxy) is 4. The number of carboxylic acid groups (broad SMARTS) is 1. The van der Waals surface area contributed by atoms with E-state index in [-0.39, 0.29) is 38.6 Å². The number of aliphatic carboxylic acids is 1. The van der Waals surface area contributed by atoms with Gasteiger partial charge in [0.15, 0.2) is 12.4 Å². The van der Waals surface area contributed by atoms with Crippen molar-refractivity contribution in [1.82, 2.24) is 0 Å². The zero-order valence-corrected chi connectivity index (χ0v) is 39.3. The number of carbonyl (C=O) groups excluding carboxylic acids is 3. The molecule has 0 aliphatic heterocycles. The molecule has 60 heavy (non-hydrogen) atoms. The summed E-state index contributed by atoms with van der Waals surface area (Å²) in [4.78, 5) is 37.1. The van der Waals surface area contributed by atoms with Crippen LogP contribution in [0.1, 0.15) is 200 Å². The zero-order chi connectivity index (χ0) is 44.2. The summed E-state index contributed by atoms with van der Waals surface area (Å²) in [7, 11) is 5.90. The first kappa shape index (κ1) is 57.2. The molecule has 348 valence electrons. The van der Waals surface area contributed by atoms with Crippen LogP contribution in [0.3, 0.4) is 0 Å². The maximum atomic E-state index is 12.8. The molecule has 9 heteroatoms. The van der Waals surface area contributed by atoms with Gasteiger partial charge in [0.1, 0.15) is 13.2 Å². The van der Waals surface area contributed by atoms with E-state index in [1.54, 1.807) is 0 Å². The highest BCUT2D eigenvalue weighted by Gasteiger charge is 2.21. The molecule has 0 amide bonds. The summed E-state index contributed by atoms with van der Waals surface area (Å²) >= 11 is 0. The van der Waals surface area contributed by atoms with Crippen LogP contribution in [-0.4, -0.2) is 82.3 Å². The first-order chi connectivity index (χ1) is 29.1. The topological polar surface area (TPSA) is 111 Å². The smallest absolute Gasteiger partial charge is 0.306 e. The quantitative estimate of drug-likeness (QED) is 0.0196. The lowest BCUT2D eigenvalue weighted by molar-refractivity contribution is -0.870. The summed E-state index contributed by atoms with van der Waals surface area (Å²) in [6, 6.07) is 0. The van der Waals surface area contributed by atoms with Crippen LogP contribution in [0.4, 0.5) is 0 Å². The molecule has 2 unspecified atom stereocenters. The number of carbonyl (C=O) groups is 3. The van der Waals surface area contributed by atoms with Crippen molar-refractivity contribution in [3.05, 3.63) is 48.6 Å². The number of quaternary nitrogens is 1. The predicted molar refractivity (Wildman–Crippen MR) is 246 cm³/mol. The van der Waals surface area contributed by atoms with E-state index in [0.29, 0.717) is 17.4 Å². The fourth-order valence-electron chi connectivity index (χ4n) is 6.48. The molecule has 0 bridgehead atoms. The molecule has 0 N–H and O–H groups in total. The first-order valence-corrected chi connectivity index (χ1v) is 24.3. The molecule has 0 fully saturated rings. The molecule has 0 spiro atoms. The molecule has 0 aromatic heterocycles. The molecule has 0 heterocycles. The Labute approximate surface area is 368 Å². The minimum absolute atomic E-state index is 0.142. The van der Waals surface area contributed by atoms with E-state index >= 15 is 0 Å². The van der Waals surface area contributed by atoms with Gasteiger partial charge in [0.05, 0.1) is 40.3 Å². The second kappa shape index (κ2) is 42.9. The van der Waals surface area contributed by atoms with Crippen molar-refractivity contribution in [3.8, 4) is 0 Å². The molecule has 0 rings (SSSR count). The Bertz CT molecular complexity index is 1120. The van der Waals surface area contributed by atoms with Gasteiger partial charge in [-0.15, -0.1) is 0 Å². The van der Waals surface area contributed by atoms with Gasteiger partial charge in [-0.05, 0) is 77.0 Å². The predicted octanol–water partition coefficient (Wildman–Crippen LogP) is 11.8. The van der Waals surface area contributed by atoms with Gasteiger partial charge in [-0.25, -0.2) is 0 Å². The summed E-state index contributed by atoms with van der Waals surface area (Å²) in [6.07, 6.45) is 47.0. The summed E-state index contributed by atoms with van der Waals surface area (Å²) in [5, 5.41) is 11.7. The van der Waals surface area contributed by atoms with E-state index in [1.807, 2.05) is 21.1 Å². The second-order valence-corrected chi connectivity index (χ2v) is 17.4. The first-order valence-electron chi connectivity index (χ1n) is 24.3. The minimum atomic E-state index is -1.63. The van der Waals surface area contributed by atoms with Crippen molar-refractivity contribution in [1.29, 1.82) is 0 Å². The molecule has 2 atom stereocenters. The molecule has 0 aliphatic carbocycles. The number of unbranched alkanes of at least 4 members (excludes halogenated alkanes) is 21. The molecule has 0 saturated carbocycles. The normalized spacial score (nSPS) is 13.3. The molecular weight excluding hydrogens is 755 g/mol. The molecule has 0 aliphatic rings. The molecule has 0 aromatic carbocycles. The lowest BCUT2D eigenvalue weighted by Gasteiger charge is -2.26. The Morgan fingerprint density at radius 3 is 1.38 bits per heavy atom. The number of hydrogen-bond acceptors (Lipinski definition) is 8. The van der Waals surface area contributed by atoms with Crippen molar-refractivity contribution in [2.75, 3.05) is 47.5 Å². The largest absolute Gasteiger partial charge is 0.545 e. The Morgan fingerprint density at radius 2 is 0.900 bits per heavy atom. The third-order valence-corrected chi connectivity index (χ3v) is 10.3. The summed E-state index contributed by atoms with van der Waals surface area (Å²) in [5.74, 6) is -2.31. The van der Waals surface area contributed by atoms with Crippen LogP contribution in [0, 0.1) is 0 Å². The van der Waals surface area contributed by atoms with Crippen molar-refractivity contribution >= 4 is 17.9 Å². The van der Waals surface area contributed by atoms with Crippen LogP contribution in [0.25, 0.3) is 0 Å². The van der Waals surface area contributed by atoms with E-state index in [0.717, 1.165) is 89.9 Å². The molecule has 0 aromatic rings. The van der Waals surface area contributed by atoms with Crippen molar-refractivity contribution in [3.63, 3.8) is 0 Å². The number of carboxylic acids is 1. The Hall–Kier alpha value is -2.75. The van der Waals surface area contributed by atoms with E-state index in [2.05, 4.69) is 62.5 Å². The van der Waals surface area contributed by atoms with Gasteiger partial charge in [0, 0.05) is 12.8 Å². The minimum Gasteiger partial charge on any atom is -0.545 e. The van der Waals surface area contributed by atoms with Gasteiger partial charge >= 0.3 is 11.9 Å². The van der Waals surface area contributed by atoms with E-state index in [1.165, 1.54) is 77.0 Å². The molecule has 0 radical (unpaired) electrons. The third kappa shape index (κ3) is 43.3. The lowest BCUT2D eigenvalue weighted by Crippen LogP contribution is -2.44. The fourth-order valence-corrected chi connectivity index (χ4v) is 6.48. The Morgan fingerprint density at radius 1 is 0.500 bits per heavy atom. The maximum Gasteiger partial charge on any atom is 0.306 e. The Balaban J connectivity index is 4.43. The maximum absolute atomic E-state index is 12.8. The standard InChI is InChI=1S/C51H91NO8/c1-6-8-10-12-14-16-18-20-22-24-25-26-28-30-32-34-36-38-40-42-49(54)60-47(46-59-51(50(55)56)57-44-43-52(3,4)5)45-58-48(53)41-39-37-35-33-31-29-27-23-21-19-17-15-13-11-9-7-2/h14,16,20,22-23,25-27,47,51H,6-13,15,17-19,21,24,28-46H2,1-5H3/b16-14-,22-20-,26-25-,27-23-. The van der Waals surface area contributed by atoms with Crippen LogP contribution in [0.2, 0.25) is 0 Å². The highest BCUT2D eigenvalue weighted by Crippen LogP contribution is 2.13. The highest BCUT2D eigenvalue weighted by atomic mass is 16.7. The summed E-state index contributed by atoms with van der Waals surface area (Å²) < 4.78 is 22.6. The van der Waals surface area contributed by atoms with Gasteiger partial charge in [0.2, 0.25) is 0 Å². The average Bonchev–Trinajstić information content (AvgIpc) is 3.21. The monoisotopic (exact) mass is 846 g/mol. The van der Waals surface area contributed by atoms with Gasteiger partial charge < -0.3 is 33.3 Å². The number of esters is 2. The van der Waals surface area contributed by atoms with Gasteiger partial charge in [-0.2, -0.15) is 0 Å².